The van der Waals surface area contributed by atoms with Gasteiger partial charge in [-0.15, -0.1) is 0 Å². The zero-order valence-electron chi connectivity index (χ0n) is 11.7. The molecular weight excluding hydrogens is 316 g/mol. The molecule has 3 heterocycles. The quantitative estimate of drug-likeness (QED) is 0.821. The van der Waals surface area contributed by atoms with Crippen molar-refractivity contribution in [2.45, 2.75) is 35.8 Å². The molecule has 2 saturated heterocycles. The predicted molar refractivity (Wildman–Crippen MR) is 81.9 cm³/mol. The maximum Gasteiger partial charge on any atom is 0.284 e. The van der Waals surface area contributed by atoms with Crippen LogP contribution in [-0.4, -0.2) is 47.5 Å². The second kappa shape index (κ2) is 7.35. The SMILES string of the molecule is FC(F)SCc1ccc(CN2CCS[C@@H]3COCC[C@@H]32)o1. The van der Waals surface area contributed by atoms with Crippen LogP contribution in [0.3, 0.4) is 0 Å². The minimum absolute atomic E-state index is 0.230. The Bertz CT molecular complexity index is 456. The molecule has 7 heteroatoms. The molecule has 2 atom stereocenters. The van der Waals surface area contributed by atoms with E-state index in [-0.39, 0.29) is 5.75 Å². The maximum atomic E-state index is 12.2. The lowest BCUT2D eigenvalue weighted by molar-refractivity contribution is 0.0327. The van der Waals surface area contributed by atoms with Crippen molar-refractivity contribution < 1.29 is 17.9 Å². The van der Waals surface area contributed by atoms with Crippen LogP contribution in [0.1, 0.15) is 17.9 Å². The largest absolute Gasteiger partial charge is 0.464 e. The average molecular weight is 335 g/mol. The van der Waals surface area contributed by atoms with Gasteiger partial charge in [0.2, 0.25) is 0 Å². The van der Waals surface area contributed by atoms with Gasteiger partial charge in [-0.25, -0.2) is 0 Å². The minimum atomic E-state index is -2.35. The number of halogens is 2. The van der Waals surface area contributed by atoms with Gasteiger partial charge in [0.25, 0.3) is 5.76 Å². The molecule has 0 aliphatic carbocycles. The molecule has 1 aromatic heterocycles. The van der Waals surface area contributed by atoms with Gasteiger partial charge in [-0.05, 0) is 18.6 Å². The van der Waals surface area contributed by atoms with E-state index in [0.29, 0.717) is 28.8 Å². The van der Waals surface area contributed by atoms with Crippen molar-refractivity contribution in [2.24, 2.45) is 0 Å². The molecule has 0 radical (unpaired) electrons. The third-order valence-electron chi connectivity index (χ3n) is 3.88. The van der Waals surface area contributed by atoms with Crippen LogP contribution in [0.4, 0.5) is 8.78 Å². The summed E-state index contributed by atoms with van der Waals surface area (Å²) < 4.78 is 35.6. The summed E-state index contributed by atoms with van der Waals surface area (Å²) in [5.41, 5.74) is 0. The molecule has 2 aliphatic rings. The monoisotopic (exact) mass is 335 g/mol. The van der Waals surface area contributed by atoms with Crippen LogP contribution in [-0.2, 0) is 17.0 Å². The van der Waals surface area contributed by atoms with Crippen LogP contribution in [0.2, 0.25) is 0 Å². The van der Waals surface area contributed by atoms with E-state index >= 15 is 0 Å². The van der Waals surface area contributed by atoms with E-state index in [1.807, 2.05) is 23.9 Å². The number of furan rings is 1. The molecule has 0 aromatic carbocycles. The highest BCUT2D eigenvalue weighted by Crippen LogP contribution is 2.31. The Hall–Kier alpha value is -0.240. The molecule has 21 heavy (non-hydrogen) atoms. The van der Waals surface area contributed by atoms with E-state index in [4.69, 9.17) is 9.15 Å². The molecule has 3 rings (SSSR count). The summed E-state index contributed by atoms with van der Waals surface area (Å²) in [5.74, 6) is 0.495. The van der Waals surface area contributed by atoms with E-state index in [9.17, 15) is 8.78 Å². The number of alkyl halides is 2. The van der Waals surface area contributed by atoms with Gasteiger partial charge < -0.3 is 9.15 Å². The Morgan fingerprint density at radius 1 is 1.38 bits per heavy atom. The normalized spacial score (nSPS) is 27.0. The van der Waals surface area contributed by atoms with Crippen molar-refractivity contribution in [1.29, 1.82) is 0 Å². The summed E-state index contributed by atoms with van der Waals surface area (Å²) in [6.07, 6.45) is 1.06. The van der Waals surface area contributed by atoms with Gasteiger partial charge in [0, 0.05) is 30.2 Å². The molecule has 2 fully saturated rings. The number of rotatable bonds is 5. The van der Waals surface area contributed by atoms with Gasteiger partial charge in [-0.1, -0.05) is 11.8 Å². The number of ether oxygens (including phenoxy) is 1. The van der Waals surface area contributed by atoms with Crippen LogP contribution >= 0.6 is 23.5 Å². The Balaban J connectivity index is 1.57. The summed E-state index contributed by atoms with van der Waals surface area (Å²) in [4.78, 5) is 2.45. The minimum Gasteiger partial charge on any atom is -0.464 e. The van der Waals surface area contributed by atoms with Crippen LogP contribution in [0.15, 0.2) is 16.5 Å². The summed E-state index contributed by atoms with van der Waals surface area (Å²) in [6, 6.07) is 4.27. The molecule has 0 amide bonds. The van der Waals surface area contributed by atoms with Crippen molar-refractivity contribution in [3.63, 3.8) is 0 Å². The van der Waals surface area contributed by atoms with Crippen molar-refractivity contribution in [3.8, 4) is 0 Å². The van der Waals surface area contributed by atoms with Gasteiger partial charge in [0.15, 0.2) is 0 Å². The van der Waals surface area contributed by atoms with E-state index in [1.54, 1.807) is 0 Å². The summed E-state index contributed by atoms with van der Waals surface area (Å²) in [6.45, 7) is 3.47. The molecule has 1 aromatic rings. The van der Waals surface area contributed by atoms with Gasteiger partial charge in [-0.3, -0.25) is 4.90 Å². The Labute approximate surface area is 131 Å². The molecule has 2 aliphatic heterocycles. The van der Waals surface area contributed by atoms with E-state index in [2.05, 4.69) is 4.90 Å². The Kier molecular flexibility index (Phi) is 5.48. The van der Waals surface area contributed by atoms with Crippen molar-refractivity contribution in [1.82, 2.24) is 4.90 Å². The van der Waals surface area contributed by atoms with E-state index in [0.717, 1.165) is 44.2 Å². The second-order valence-electron chi connectivity index (χ2n) is 5.25. The molecule has 3 nitrogen and oxygen atoms in total. The zero-order chi connectivity index (χ0) is 14.7. The first-order valence-electron chi connectivity index (χ1n) is 7.13. The molecular formula is C14H19F2NO2S2. The summed E-state index contributed by atoms with van der Waals surface area (Å²) >= 11 is 2.60. The number of nitrogens with zero attached hydrogens (tertiary/aromatic N) is 1. The fourth-order valence-electron chi connectivity index (χ4n) is 2.89. The fraction of sp³-hybridized carbons (Fsp3) is 0.714. The lowest BCUT2D eigenvalue weighted by Gasteiger charge is -2.43. The Morgan fingerprint density at radius 2 is 2.24 bits per heavy atom. The van der Waals surface area contributed by atoms with Crippen LogP contribution in [0.5, 0.6) is 0 Å². The Morgan fingerprint density at radius 3 is 3.10 bits per heavy atom. The van der Waals surface area contributed by atoms with E-state index in [1.165, 1.54) is 0 Å². The predicted octanol–water partition coefficient (Wildman–Crippen LogP) is 3.44. The first kappa shape index (κ1) is 15.6. The third-order valence-corrected chi connectivity index (χ3v) is 5.88. The highest BCUT2D eigenvalue weighted by molar-refractivity contribution is 8.00. The molecule has 118 valence electrons. The topological polar surface area (TPSA) is 25.6 Å². The highest BCUT2D eigenvalue weighted by Gasteiger charge is 2.34. The number of hydrogen-bond donors (Lipinski definition) is 0. The fourth-order valence-corrected chi connectivity index (χ4v) is 4.70. The molecule has 0 bridgehead atoms. The maximum absolute atomic E-state index is 12.2. The van der Waals surface area contributed by atoms with Crippen molar-refractivity contribution in [2.75, 3.05) is 25.5 Å². The third kappa shape index (κ3) is 4.15. The lowest BCUT2D eigenvalue weighted by Crippen LogP contribution is -2.51. The smallest absolute Gasteiger partial charge is 0.284 e. The second-order valence-corrected chi connectivity index (χ2v) is 7.58. The standard InChI is InChI=1S/C14H19F2NO2S2/c15-14(16)21-9-11-2-1-10(19-11)7-17-4-6-20-13-8-18-5-3-12(13)17/h1-2,12-14H,3-9H2/t12-,13+/m0/s1. The average Bonchev–Trinajstić information content (AvgIpc) is 2.93. The number of hydrogen-bond acceptors (Lipinski definition) is 5. The van der Waals surface area contributed by atoms with Gasteiger partial charge >= 0.3 is 0 Å². The molecule has 0 saturated carbocycles. The molecule has 0 unspecified atom stereocenters. The summed E-state index contributed by atoms with van der Waals surface area (Å²) in [5, 5.41) is 0.552. The van der Waals surface area contributed by atoms with Crippen LogP contribution in [0.25, 0.3) is 0 Å². The highest BCUT2D eigenvalue weighted by atomic mass is 32.2. The van der Waals surface area contributed by atoms with Crippen molar-refractivity contribution >= 4 is 23.5 Å². The first-order valence-corrected chi connectivity index (χ1v) is 9.23. The summed E-state index contributed by atoms with van der Waals surface area (Å²) in [7, 11) is 0. The zero-order valence-corrected chi connectivity index (χ0v) is 13.3. The number of fused-ring (bicyclic) bond motifs is 1. The molecule has 0 spiro atoms. The first-order chi connectivity index (χ1) is 10.2. The van der Waals surface area contributed by atoms with E-state index < -0.39 is 5.76 Å². The molecule has 0 N–H and O–H groups in total. The van der Waals surface area contributed by atoms with Gasteiger partial charge in [0.05, 0.1) is 18.9 Å². The number of thioether (sulfide) groups is 2. The van der Waals surface area contributed by atoms with Gasteiger partial charge in [-0.2, -0.15) is 20.5 Å². The van der Waals surface area contributed by atoms with Crippen molar-refractivity contribution in [3.05, 3.63) is 23.7 Å². The van der Waals surface area contributed by atoms with Gasteiger partial charge in [0.1, 0.15) is 11.5 Å². The van der Waals surface area contributed by atoms with Crippen LogP contribution in [0, 0.1) is 0 Å². The lowest BCUT2D eigenvalue weighted by atomic mass is 10.1. The van der Waals surface area contributed by atoms with Crippen LogP contribution < -0.4 is 0 Å².